The van der Waals surface area contributed by atoms with Gasteiger partial charge in [-0.1, -0.05) is 42.5 Å². The molecule has 0 aliphatic carbocycles. The molecule has 0 saturated carbocycles. The van der Waals surface area contributed by atoms with Gasteiger partial charge in [-0.2, -0.15) is 0 Å². The number of methoxy groups -OCH3 is 1. The lowest BCUT2D eigenvalue weighted by atomic mass is 10.0. The number of nitrogens with one attached hydrogen (secondary N) is 2. The summed E-state index contributed by atoms with van der Waals surface area (Å²) in [5.74, 6) is -0.0650. The highest BCUT2D eigenvalue weighted by atomic mass is 16.5. The number of carbonyl (C=O) groups is 2. The van der Waals surface area contributed by atoms with E-state index in [4.69, 9.17) is 4.74 Å². The first kappa shape index (κ1) is 23.3. The molecule has 4 rings (SSSR count). The van der Waals surface area contributed by atoms with E-state index in [0.717, 1.165) is 16.6 Å². The van der Waals surface area contributed by atoms with Crippen LogP contribution >= 0.6 is 0 Å². The second-order valence-corrected chi connectivity index (χ2v) is 8.43. The molecule has 34 heavy (non-hydrogen) atoms. The third-order valence-electron chi connectivity index (χ3n) is 6.17. The number of hydrogen-bond donors (Lipinski definition) is 2. The zero-order chi connectivity index (χ0) is 24.1. The molecular weight excluding hydrogens is 434 g/mol. The third-order valence-corrected chi connectivity index (χ3v) is 6.17. The van der Waals surface area contributed by atoms with Gasteiger partial charge in [0.15, 0.2) is 5.82 Å². The van der Waals surface area contributed by atoms with Crippen molar-refractivity contribution in [3.05, 3.63) is 70.5 Å². The van der Waals surface area contributed by atoms with E-state index in [1.165, 1.54) is 7.11 Å². The van der Waals surface area contributed by atoms with E-state index in [2.05, 4.69) is 15.6 Å². The summed E-state index contributed by atoms with van der Waals surface area (Å²) >= 11 is 0. The molecule has 1 atom stereocenters. The van der Waals surface area contributed by atoms with Crippen LogP contribution in [0.2, 0.25) is 0 Å². The van der Waals surface area contributed by atoms with Crippen molar-refractivity contribution in [3.8, 4) is 0 Å². The molecule has 1 unspecified atom stereocenters. The maximum absolute atomic E-state index is 12.8. The Morgan fingerprint density at radius 3 is 2.47 bits per heavy atom. The van der Waals surface area contributed by atoms with Crippen LogP contribution < -0.4 is 21.1 Å². The van der Waals surface area contributed by atoms with Gasteiger partial charge in [-0.25, -0.2) is 14.6 Å². The van der Waals surface area contributed by atoms with Gasteiger partial charge in [0, 0.05) is 32.6 Å². The molecule has 2 amide bonds. The Bertz CT molecular complexity index is 1220. The molecule has 1 aliphatic heterocycles. The van der Waals surface area contributed by atoms with E-state index in [9.17, 15) is 14.4 Å². The van der Waals surface area contributed by atoms with E-state index >= 15 is 0 Å². The number of amides is 2. The number of anilines is 1. The summed E-state index contributed by atoms with van der Waals surface area (Å²) in [6, 6.07) is 15.8. The van der Waals surface area contributed by atoms with Crippen LogP contribution in [0.1, 0.15) is 18.4 Å². The molecule has 2 heterocycles. The Hall–Kier alpha value is -3.88. The summed E-state index contributed by atoms with van der Waals surface area (Å²) in [6.07, 6.45) is 1.66. The Morgan fingerprint density at radius 2 is 1.76 bits per heavy atom. The highest BCUT2D eigenvalue weighted by Crippen LogP contribution is 2.18. The van der Waals surface area contributed by atoms with E-state index < -0.39 is 18.0 Å². The van der Waals surface area contributed by atoms with Gasteiger partial charge in [0.1, 0.15) is 6.04 Å². The Kier molecular flexibility index (Phi) is 7.10. The lowest BCUT2D eigenvalue weighted by Crippen LogP contribution is -2.53. The maximum Gasteiger partial charge on any atom is 0.328 e. The lowest BCUT2D eigenvalue weighted by molar-refractivity contribution is -0.142. The minimum absolute atomic E-state index is 0.0735. The van der Waals surface area contributed by atoms with Crippen molar-refractivity contribution in [2.75, 3.05) is 25.1 Å². The van der Waals surface area contributed by atoms with Crippen LogP contribution in [0.4, 0.5) is 10.6 Å². The number of esters is 1. The predicted molar refractivity (Wildman–Crippen MR) is 130 cm³/mol. The number of fused-ring (bicyclic) bond motifs is 1. The average molecular weight is 464 g/mol. The summed E-state index contributed by atoms with van der Waals surface area (Å²) in [4.78, 5) is 44.2. The molecule has 178 valence electrons. The van der Waals surface area contributed by atoms with Gasteiger partial charge in [-0.05, 0) is 30.5 Å². The van der Waals surface area contributed by atoms with Gasteiger partial charge in [-0.15, -0.1) is 0 Å². The largest absolute Gasteiger partial charge is 0.467 e. The fourth-order valence-electron chi connectivity index (χ4n) is 4.28. The highest BCUT2D eigenvalue weighted by molar-refractivity contribution is 5.84. The van der Waals surface area contributed by atoms with Crippen molar-refractivity contribution in [2.45, 2.75) is 31.3 Å². The number of urea groups is 1. The van der Waals surface area contributed by atoms with Crippen LogP contribution in [0.15, 0.2) is 59.4 Å². The predicted octanol–water partition coefficient (Wildman–Crippen LogP) is 1.99. The number of aryl methyl sites for hydroxylation is 1. The molecule has 9 heteroatoms. The molecule has 1 saturated heterocycles. The summed E-state index contributed by atoms with van der Waals surface area (Å²) in [6.45, 7) is 1.19. The monoisotopic (exact) mass is 463 g/mol. The van der Waals surface area contributed by atoms with Crippen molar-refractivity contribution >= 4 is 28.9 Å². The molecule has 3 aromatic rings. The van der Waals surface area contributed by atoms with Crippen molar-refractivity contribution in [2.24, 2.45) is 7.05 Å². The summed E-state index contributed by atoms with van der Waals surface area (Å²) in [5.41, 5.74) is 2.35. The summed E-state index contributed by atoms with van der Waals surface area (Å²) in [5, 5.41) is 5.69. The number of carbonyl (C=O) groups excluding carboxylic acids is 2. The molecule has 9 nitrogen and oxygen atoms in total. The smallest absolute Gasteiger partial charge is 0.328 e. The molecule has 0 radical (unpaired) electrons. The van der Waals surface area contributed by atoms with Crippen LogP contribution in [0, 0.1) is 0 Å². The van der Waals surface area contributed by atoms with Crippen LogP contribution in [-0.4, -0.2) is 53.8 Å². The second-order valence-electron chi connectivity index (χ2n) is 8.43. The molecule has 1 fully saturated rings. The van der Waals surface area contributed by atoms with Gasteiger partial charge in [0.05, 0.1) is 18.1 Å². The number of ether oxygens (including phenoxy) is 1. The SMILES string of the molecule is COC(=O)C(Cc1ccccc1)NC(=O)NC1CCN(c2nc3ccccc3n(C)c2=O)CC1. The molecular formula is C25H29N5O4. The lowest BCUT2D eigenvalue weighted by Gasteiger charge is -2.33. The summed E-state index contributed by atoms with van der Waals surface area (Å²) in [7, 11) is 3.06. The molecule has 2 N–H and O–H groups in total. The first-order chi connectivity index (χ1) is 16.5. The number of piperidine rings is 1. The van der Waals surface area contributed by atoms with Crippen LogP contribution in [0.5, 0.6) is 0 Å². The zero-order valence-electron chi connectivity index (χ0n) is 19.4. The number of rotatable bonds is 6. The maximum atomic E-state index is 12.8. The van der Waals surface area contributed by atoms with Crippen LogP contribution in [0.3, 0.4) is 0 Å². The Labute approximate surface area is 197 Å². The number of para-hydroxylation sites is 2. The van der Waals surface area contributed by atoms with E-state index in [1.54, 1.807) is 11.6 Å². The van der Waals surface area contributed by atoms with Crippen LogP contribution in [-0.2, 0) is 23.0 Å². The zero-order valence-corrected chi connectivity index (χ0v) is 19.4. The summed E-state index contributed by atoms with van der Waals surface area (Å²) < 4.78 is 6.48. The van der Waals surface area contributed by atoms with Crippen molar-refractivity contribution in [1.82, 2.24) is 20.2 Å². The van der Waals surface area contributed by atoms with Crippen molar-refractivity contribution < 1.29 is 14.3 Å². The molecule has 1 aliphatic rings. The standard InChI is InChI=1S/C25H29N5O4/c1-29-21-11-7-6-10-19(21)27-22(23(29)31)30-14-12-18(13-15-30)26-25(33)28-20(24(32)34-2)16-17-8-4-3-5-9-17/h3-11,18,20H,12-16H2,1-2H3,(H2,26,28,33). The fourth-order valence-corrected chi connectivity index (χ4v) is 4.28. The van der Waals surface area contributed by atoms with Crippen LogP contribution in [0.25, 0.3) is 11.0 Å². The Balaban J connectivity index is 1.36. The first-order valence-corrected chi connectivity index (χ1v) is 11.4. The van der Waals surface area contributed by atoms with Gasteiger partial charge in [0.2, 0.25) is 0 Å². The van der Waals surface area contributed by atoms with E-state index in [0.29, 0.717) is 38.2 Å². The normalized spacial score (nSPS) is 15.1. The quantitative estimate of drug-likeness (QED) is 0.542. The minimum Gasteiger partial charge on any atom is -0.467 e. The highest BCUT2D eigenvalue weighted by Gasteiger charge is 2.26. The van der Waals surface area contributed by atoms with Crippen molar-refractivity contribution in [1.29, 1.82) is 0 Å². The number of aromatic nitrogens is 2. The van der Waals surface area contributed by atoms with E-state index in [1.807, 2.05) is 59.5 Å². The van der Waals surface area contributed by atoms with E-state index in [-0.39, 0.29) is 11.6 Å². The van der Waals surface area contributed by atoms with Gasteiger partial charge >= 0.3 is 12.0 Å². The van der Waals surface area contributed by atoms with Gasteiger partial charge in [-0.3, -0.25) is 4.79 Å². The van der Waals surface area contributed by atoms with Gasteiger partial charge in [0.25, 0.3) is 5.56 Å². The molecule has 1 aromatic heterocycles. The Morgan fingerprint density at radius 1 is 1.09 bits per heavy atom. The van der Waals surface area contributed by atoms with Crippen molar-refractivity contribution in [3.63, 3.8) is 0 Å². The number of benzene rings is 2. The fraction of sp³-hybridized carbons (Fsp3) is 0.360. The molecule has 2 aromatic carbocycles. The topological polar surface area (TPSA) is 106 Å². The average Bonchev–Trinajstić information content (AvgIpc) is 2.86. The van der Waals surface area contributed by atoms with Gasteiger partial charge < -0.3 is 24.8 Å². The number of hydrogen-bond acceptors (Lipinski definition) is 6. The molecule has 0 spiro atoms. The second kappa shape index (κ2) is 10.4. The third kappa shape index (κ3) is 5.19. The first-order valence-electron chi connectivity index (χ1n) is 11.4. The minimum atomic E-state index is -0.780. The molecule has 0 bridgehead atoms. The number of nitrogens with zero attached hydrogens (tertiary/aromatic N) is 3.